The van der Waals surface area contributed by atoms with Crippen molar-refractivity contribution in [2.75, 3.05) is 0 Å². The Hall–Kier alpha value is -2.73. The molecule has 0 radical (unpaired) electrons. The van der Waals surface area contributed by atoms with Crippen molar-refractivity contribution in [2.24, 2.45) is 4.99 Å². The van der Waals surface area contributed by atoms with Gasteiger partial charge in [-0.25, -0.2) is 4.99 Å². The monoisotopic (exact) mass is 313 g/mol. The summed E-state index contributed by atoms with van der Waals surface area (Å²) < 4.78 is 0. The molecule has 0 fully saturated rings. The van der Waals surface area contributed by atoms with Crippen molar-refractivity contribution < 1.29 is 20.1 Å². The third-order valence-corrected chi connectivity index (χ3v) is 4.12. The predicted octanol–water partition coefficient (Wildman–Crippen LogP) is 2.86. The van der Waals surface area contributed by atoms with Crippen molar-refractivity contribution in [3.8, 4) is 17.2 Å². The molecule has 0 saturated heterocycles. The van der Waals surface area contributed by atoms with Crippen LogP contribution < -0.4 is 0 Å². The van der Waals surface area contributed by atoms with Gasteiger partial charge in [-0.3, -0.25) is 4.79 Å². The zero-order valence-electron chi connectivity index (χ0n) is 11.2. The van der Waals surface area contributed by atoms with E-state index in [4.69, 9.17) is 0 Å². The summed E-state index contributed by atoms with van der Waals surface area (Å²) in [6, 6.07) is 11.9. The third kappa shape index (κ3) is 2.56. The van der Waals surface area contributed by atoms with Gasteiger partial charge in [0.05, 0.1) is 4.91 Å². The molecule has 5 nitrogen and oxygen atoms in total. The lowest BCUT2D eigenvalue weighted by molar-refractivity contribution is -0.113. The summed E-state index contributed by atoms with van der Waals surface area (Å²) in [5.74, 6) is -1.93. The number of thioether (sulfide) groups is 1. The smallest absolute Gasteiger partial charge is 0.284 e. The van der Waals surface area contributed by atoms with Gasteiger partial charge in [-0.2, -0.15) is 0 Å². The average Bonchev–Trinajstić information content (AvgIpc) is 2.90. The van der Waals surface area contributed by atoms with Gasteiger partial charge in [-0.15, -0.1) is 0 Å². The van der Waals surface area contributed by atoms with Crippen molar-refractivity contribution in [3.05, 3.63) is 58.5 Å². The van der Waals surface area contributed by atoms with Gasteiger partial charge < -0.3 is 15.3 Å². The maximum atomic E-state index is 12.0. The maximum Gasteiger partial charge on any atom is 0.284 e. The molecule has 2 aromatic rings. The summed E-state index contributed by atoms with van der Waals surface area (Å²) in [5.41, 5.74) is 1.07. The minimum atomic E-state index is -0.617. The number of hydrogen-bond acceptors (Lipinski definition) is 5. The van der Waals surface area contributed by atoms with Crippen molar-refractivity contribution in [1.82, 2.24) is 0 Å². The third-order valence-electron chi connectivity index (χ3n) is 3.09. The zero-order chi connectivity index (χ0) is 15.7. The number of amides is 1. The number of aromatic hydroxyl groups is 3. The number of benzene rings is 2. The fourth-order valence-corrected chi connectivity index (χ4v) is 2.87. The van der Waals surface area contributed by atoms with Gasteiger partial charge in [-0.1, -0.05) is 42.1 Å². The number of aliphatic imine (C=N–C) groups is 1. The van der Waals surface area contributed by atoms with Gasteiger partial charge in [0.2, 0.25) is 5.75 Å². The first kappa shape index (κ1) is 14.2. The van der Waals surface area contributed by atoms with Crippen LogP contribution in [-0.4, -0.2) is 26.3 Å². The van der Waals surface area contributed by atoms with Gasteiger partial charge in [0, 0.05) is 11.1 Å². The molecule has 0 saturated carbocycles. The van der Waals surface area contributed by atoms with Crippen LogP contribution in [0.2, 0.25) is 0 Å². The molecule has 0 unspecified atom stereocenters. The average molecular weight is 313 g/mol. The Morgan fingerprint density at radius 1 is 0.955 bits per heavy atom. The second-order valence-corrected chi connectivity index (χ2v) is 5.60. The molecule has 1 aliphatic rings. The summed E-state index contributed by atoms with van der Waals surface area (Å²) >= 11 is 1.19. The van der Waals surface area contributed by atoms with Gasteiger partial charge in [0.25, 0.3) is 5.91 Å². The van der Waals surface area contributed by atoms with Gasteiger partial charge in [0.1, 0.15) is 5.04 Å². The summed E-state index contributed by atoms with van der Waals surface area (Å²) in [5, 5.41) is 29.2. The van der Waals surface area contributed by atoms with Crippen LogP contribution >= 0.6 is 11.8 Å². The molecule has 22 heavy (non-hydrogen) atoms. The van der Waals surface area contributed by atoms with E-state index in [-0.39, 0.29) is 5.56 Å². The Morgan fingerprint density at radius 3 is 2.41 bits per heavy atom. The standard InChI is InChI=1S/C16H11NO4S/c18-11-7-6-10(13(19)14(11)20)8-12-15(21)17-16(22-12)9-4-2-1-3-5-9/h1-8,18-20H/b12-8-. The van der Waals surface area contributed by atoms with Crippen LogP contribution in [-0.2, 0) is 4.79 Å². The second-order valence-electron chi connectivity index (χ2n) is 4.57. The molecule has 1 heterocycles. The van der Waals surface area contributed by atoms with Crippen LogP contribution in [0.25, 0.3) is 6.08 Å². The molecule has 0 atom stereocenters. The summed E-state index contributed by atoms with van der Waals surface area (Å²) in [4.78, 5) is 16.3. The molecule has 0 aromatic heterocycles. The first-order valence-corrected chi connectivity index (χ1v) is 7.20. The van der Waals surface area contributed by atoms with E-state index in [1.54, 1.807) is 0 Å². The Morgan fingerprint density at radius 2 is 1.68 bits per heavy atom. The predicted molar refractivity (Wildman–Crippen MR) is 85.0 cm³/mol. The summed E-state index contributed by atoms with van der Waals surface area (Å²) in [7, 11) is 0. The van der Waals surface area contributed by atoms with E-state index in [0.717, 1.165) is 5.56 Å². The highest BCUT2D eigenvalue weighted by molar-refractivity contribution is 8.19. The number of rotatable bonds is 2. The highest BCUT2D eigenvalue weighted by Gasteiger charge is 2.23. The number of carbonyl (C=O) groups excluding carboxylic acids is 1. The number of phenols is 3. The Kier molecular flexibility index (Phi) is 3.60. The first-order valence-electron chi connectivity index (χ1n) is 6.38. The van der Waals surface area contributed by atoms with Crippen LogP contribution in [0.3, 0.4) is 0 Å². The molecule has 1 aliphatic heterocycles. The molecule has 3 N–H and O–H groups in total. The van der Waals surface area contributed by atoms with E-state index in [9.17, 15) is 20.1 Å². The minimum absolute atomic E-state index is 0.232. The lowest BCUT2D eigenvalue weighted by Gasteiger charge is -2.04. The molecular formula is C16H11NO4S. The molecular weight excluding hydrogens is 302 g/mol. The highest BCUT2D eigenvalue weighted by atomic mass is 32.2. The second kappa shape index (κ2) is 5.57. The van der Waals surface area contributed by atoms with Crippen LogP contribution in [0.4, 0.5) is 0 Å². The van der Waals surface area contributed by atoms with Gasteiger partial charge in [-0.05, 0) is 18.2 Å². The first-order chi connectivity index (χ1) is 10.6. The zero-order valence-corrected chi connectivity index (χ0v) is 12.0. The maximum absolute atomic E-state index is 12.0. The van der Waals surface area contributed by atoms with Crippen LogP contribution in [0.1, 0.15) is 11.1 Å². The topological polar surface area (TPSA) is 90.1 Å². The van der Waals surface area contributed by atoms with Crippen LogP contribution in [0.15, 0.2) is 52.4 Å². The Balaban J connectivity index is 1.92. The fourth-order valence-electron chi connectivity index (χ4n) is 1.96. The van der Waals surface area contributed by atoms with E-state index in [2.05, 4.69) is 4.99 Å². The van der Waals surface area contributed by atoms with E-state index >= 15 is 0 Å². The number of nitrogens with zero attached hydrogens (tertiary/aromatic N) is 1. The molecule has 0 bridgehead atoms. The lowest BCUT2D eigenvalue weighted by atomic mass is 10.1. The summed E-state index contributed by atoms with van der Waals surface area (Å²) in [6.45, 7) is 0. The number of phenolic OH excluding ortho intramolecular Hbond substituents is 3. The van der Waals surface area contributed by atoms with Crippen molar-refractivity contribution >= 4 is 28.8 Å². The molecule has 0 spiro atoms. The van der Waals surface area contributed by atoms with E-state index < -0.39 is 23.2 Å². The quantitative estimate of drug-likeness (QED) is 0.586. The lowest BCUT2D eigenvalue weighted by Crippen LogP contribution is -1.89. The fraction of sp³-hybridized carbons (Fsp3) is 0. The van der Waals surface area contributed by atoms with E-state index in [1.165, 1.54) is 30.0 Å². The van der Waals surface area contributed by atoms with Gasteiger partial charge >= 0.3 is 0 Å². The Labute approximate surface area is 130 Å². The van der Waals surface area contributed by atoms with Crippen LogP contribution in [0.5, 0.6) is 17.2 Å². The Bertz CT molecular complexity index is 812. The van der Waals surface area contributed by atoms with Crippen molar-refractivity contribution in [2.45, 2.75) is 0 Å². The largest absolute Gasteiger partial charge is 0.504 e. The van der Waals surface area contributed by atoms with E-state index in [0.29, 0.717) is 9.95 Å². The molecule has 1 amide bonds. The normalized spacial score (nSPS) is 16.1. The number of hydrogen-bond donors (Lipinski definition) is 3. The molecule has 110 valence electrons. The SMILES string of the molecule is O=C1N=C(c2ccccc2)S/C1=C\c1ccc(O)c(O)c1O. The van der Waals surface area contributed by atoms with Crippen molar-refractivity contribution in [1.29, 1.82) is 0 Å². The van der Waals surface area contributed by atoms with Crippen LogP contribution in [0, 0.1) is 0 Å². The van der Waals surface area contributed by atoms with Crippen molar-refractivity contribution in [3.63, 3.8) is 0 Å². The molecule has 3 rings (SSSR count). The minimum Gasteiger partial charge on any atom is -0.504 e. The van der Waals surface area contributed by atoms with E-state index in [1.807, 2.05) is 30.3 Å². The molecule has 2 aromatic carbocycles. The highest BCUT2D eigenvalue weighted by Crippen LogP contribution is 2.40. The summed E-state index contributed by atoms with van der Waals surface area (Å²) in [6.07, 6.45) is 1.43. The van der Waals surface area contributed by atoms with Gasteiger partial charge in [0.15, 0.2) is 11.5 Å². The molecule has 6 heteroatoms. The number of carbonyl (C=O) groups is 1. The molecule has 0 aliphatic carbocycles.